The summed E-state index contributed by atoms with van der Waals surface area (Å²) >= 11 is 11.2. The van der Waals surface area contributed by atoms with Crippen LogP contribution in [-0.4, -0.2) is 12.2 Å². The van der Waals surface area contributed by atoms with Gasteiger partial charge in [0.05, 0.1) is 18.5 Å². The van der Waals surface area contributed by atoms with Crippen molar-refractivity contribution < 1.29 is 9.84 Å². The number of benzene rings is 2. The third-order valence-corrected chi connectivity index (χ3v) is 3.04. The molecular weight excluding hydrogens is 323 g/mol. The van der Waals surface area contributed by atoms with Crippen LogP contribution in [-0.2, 0) is 0 Å². The first-order valence-corrected chi connectivity index (χ1v) is 6.04. The summed E-state index contributed by atoms with van der Waals surface area (Å²) in [5.74, 6) is 0.637. The predicted octanol–water partition coefficient (Wildman–Crippen LogP) is 3.98. The van der Waals surface area contributed by atoms with Gasteiger partial charge in [0.1, 0.15) is 21.5 Å². The minimum atomic E-state index is 0. The molecule has 0 amide bonds. The number of aromatic hydroxyl groups is 1. The van der Waals surface area contributed by atoms with Crippen LogP contribution in [0.1, 0.15) is 0 Å². The van der Waals surface area contributed by atoms with Crippen LogP contribution < -0.4 is 16.2 Å². The third-order valence-electron chi connectivity index (χ3n) is 2.22. The molecular formula is C13H15Cl3N2O2. The number of nitrogen functional groups attached to an aromatic ring is 2. The maximum atomic E-state index is 8.89. The summed E-state index contributed by atoms with van der Waals surface area (Å²) in [5.41, 5.74) is 11.8. The first-order valence-electron chi connectivity index (χ1n) is 5.28. The van der Waals surface area contributed by atoms with Crippen LogP contribution in [0.15, 0.2) is 36.4 Å². The van der Waals surface area contributed by atoms with Gasteiger partial charge in [-0.2, -0.15) is 0 Å². The first kappa shape index (κ1) is 18.5. The van der Waals surface area contributed by atoms with Crippen molar-refractivity contribution in [1.29, 1.82) is 0 Å². The summed E-state index contributed by atoms with van der Waals surface area (Å²) < 4.78 is 4.91. The Bertz CT molecular complexity index is 545. The normalized spacial score (nSPS) is 8.95. The molecule has 2 aromatic rings. The number of phenols is 1. The average molecular weight is 338 g/mol. The summed E-state index contributed by atoms with van der Waals surface area (Å²) in [6.07, 6.45) is 0. The lowest BCUT2D eigenvalue weighted by molar-refractivity contribution is 0.415. The number of methoxy groups -OCH3 is 1. The van der Waals surface area contributed by atoms with Gasteiger partial charge in [-0.1, -0.05) is 35.3 Å². The van der Waals surface area contributed by atoms with Gasteiger partial charge in [-0.25, -0.2) is 0 Å². The summed E-state index contributed by atoms with van der Waals surface area (Å²) in [7, 11) is 1.56. The number of hydrogen-bond donors (Lipinski definition) is 3. The maximum Gasteiger partial charge on any atom is 0.139 e. The maximum absolute atomic E-state index is 8.89. The Balaban J connectivity index is 0.000000345. The molecule has 0 saturated heterocycles. The SMILES string of the molecule is COc1cccc(N)c1Cl.Cl.Nc1cccc(O)c1Cl. The Labute approximate surface area is 133 Å². The number of hydrogen-bond acceptors (Lipinski definition) is 4. The first-order chi connectivity index (χ1) is 8.97. The minimum Gasteiger partial charge on any atom is -0.506 e. The van der Waals surface area contributed by atoms with Crippen molar-refractivity contribution in [3.8, 4) is 11.5 Å². The highest BCUT2D eigenvalue weighted by atomic mass is 35.5. The van der Waals surface area contributed by atoms with E-state index in [1.54, 1.807) is 37.4 Å². The van der Waals surface area contributed by atoms with Crippen LogP contribution in [0.5, 0.6) is 11.5 Å². The largest absolute Gasteiger partial charge is 0.506 e. The van der Waals surface area contributed by atoms with Crippen LogP contribution in [0.4, 0.5) is 11.4 Å². The molecule has 0 unspecified atom stereocenters. The van der Waals surface area contributed by atoms with Crippen molar-refractivity contribution in [3.05, 3.63) is 46.4 Å². The summed E-state index contributed by atoms with van der Waals surface area (Å²) in [4.78, 5) is 0. The van der Waals surface area contributed by atoms with Gasteiger partial charge in [0, 0.05) is 0 Å². The quantitative estimate of drug-likeness (QED) is 0.687. The highest BCUT2D eigenvalue weighted by Gasteiger charge is 2.00. The molecule has 0 heterocycles. The van der Waals surface area contributed by atoms with Gasteiger partial charge in [0.25, 0.3) is 0 Å². The van der Waals surface area contributed by atoms with Crippen LogP contribution in [0.2, 0.25) is 10.0 Å². The fourth-order valence-corrected chi connectivity index (χ4v) is 1.55. The Morgan fingerprint density at radius 2 is 1.45 bits per heavy atom. The second-order valence-electron chi connectivity index (χ2n) is 3.54. The Hall–Kier alpha value is -1.49. The van der Waals surface area contributed by atoms with Crippen molar-refractivity contribution in [2.75, 3.05) is 18.6 Å². The van der Waals surface area contributed by atoms with Gasteiger partial charge in [-0.15, -0.1) is 12.4 Å². The Kier molecular flexibility index (Phi) is 7.99. The summed E-state index contributed by atoms with van der Waals surface area (Å²) in [5, 5.41) is 9.58. The second-order valence-corrected chi connectivity index (χ2v) is 4.30. The average Bonchev–Trinajstić information content (AvgIpc) is 2.40. The Morgan fingerprint density at radius 3 is 1.85 bits per heavy atom. The fourth-order valence-electron chi connectivity index (χ4n) is 1.22. The highest BCUT2D eigenvalue weighted by molar-refractivity contribution is 6.34. The van der Waals surface area contributed by atoms with Crippen LogP contribution in [0.3, 0.4) is 0 Å². The van der Waals surface area contributed by atoms with E-state index in [0.29, 0.717) is 22.1 Å². The van der Waals surface area contributed by atoms with E-state index in [1.807, 2.05) is 0 Å². The minimum absolute atomic E-state index is 0. The van der Waals surface area contributed by atoms with Gasteiger partial charge in [-0.05, 0) is 24.3 Å². The molecule has 0 fully saturated rings. The number of phenolic OH excluding ortho intramolecular Hbond substituents is 1. The second kappa shape index (κ2) is 8.64. The zero-order chi connectivity index (χ0) is 14.4. The molecule has 0 radical (unpaired) electrons. The van der Waals surface area contributed by atoms with Gasteiger partial charge in [0.2, 0.25) is 0 Å². The zero-order valence-corrected chi connectivity index (χ0v) is 13.0. The van der Waals surface area contributed by atoms with Crippen molar-refractivity contribution >= 4 is 47.0 Å². The molecule has 7 heteroatoms. The summed E-state index contributed by atoms with van der Waals surface area (Å²) in [6.45, 7) is 0. The van der Waals surface area contributed by atoms with E-state index in [4.69, 9.17) is 44.5 Å². The molecule has 2 rings (SSSR count). The van der Waals surface area contributed by atoms with E-state index >= 15 is 0 Å². The lowest BCUT2D eigenvalue weighted by atomic mass is 10.3. The zero-order valence-electron chi connectivity index (χ0n) is 10.6. The van der Waals surface area contributed by atoms with E-state index in [-0.39, 0.29) is 23.2 Å². The fraction of sp³-hybridized carbons (Fsp3) is 0.0769. The third kappa shape index (κ3) is 4.89. The number of rotatable bonds is 1. The standard InChI is InChI=1S/C7H8ClNO.C6H6ClNO.ClH/c1-10-6-4-2-3-5(9)7(6)8;7-6-4(8)2-1-3-5(6)9;/h2-4H,9H2,1H3;1-3,9H,8H2;1H. The molecule has 0 aliphatic rings. The molecule has 110 valence electrons. The van der Waals surface area contributed by atoms with Crippen molar-refractivity contribution in [3.63, 3.8) is 0 Å². The number of anilines is 2. The van der Waals surface area contributed by atoms with Crippen LogP contribution >= 0.6 is 35.6 Å². The van der Waals surface area contributed by atoms with E-state index in [2.05, 4.69) is 0 Å². The molecule has 0 spiro atoms. The molecule has 4 nitrogen and oxygen atoms in total. The lowest BCUT2D eigenvalue weighted by Crippen LogP contribution is -1.89. The molecule has 0 aromatic heterocycles. The predicted molar refractivity (Wildman–Crippen MR) is 87.2 cm³/mol. The topological polar surface area (TPSA) is 81.5 Å². The molecule has 0 saturated carbocycles. The Morgan fingerprint density at radius 1 is 0.950 bits per heavy atom. The van der Waals surface area contributed by atoms with Crippen LogP contribution in [0.25, 0.3) is 0 Å². The molecule has 0 atom stereocenters. The number of ether oxygens (including phenoxy) is 1. The molecule has 0 bridgehead atoms. The van der Waals surface area contributed by atoms with E-state index in [9.17, 15) is 0 Å². The van der Waals surface area contributed by atoms with Gasteiger partial charge >= 0.3 is 0 Å². The van der Waals surface area contributed by atoms with Crippen molar-refractivity contribution in [2.45, 2.75) is 0 Å². The molecule has 0 aliphatic heterocycles. The van der Waals surface area contributed by atoms with Crippen LogP contribution in [0, 0.1) is 0 Å². The molecule has 2 aromatic carbocycles. The monoisotopic (exact) mass is 336 g/mol. The summed E-state index contributed by atoms with van der Waals surface area (Å²) in [6, 6.07) is 10.0. The highest BCUT2D eigenvalue weighted by Crippen LogP contribution is 2.29. The smallest absolute Gasteiger partial charge is 0.139 e. The van der Waals surface area contributed by atoms with Crippen molar-refractivity contribution in [1.82, 2.24) is 0 Å². The molecule has 0 aliphatic carbocycles. The van der Waals surface area contributed by atoms with Gasteiger partial charge in [0.15, 0.2) is 0 Å². The van der Waals surface area contributed by atoms with E-state index in [0.717, 1.165) is 0 Å². The lowest BCUT2D eigenvalue weighted by Gasteiger charge is -2.03. The van der Waals surface area contributed by atoms with Gasteiger partial charge in [-0.3, -0.25) is 0 Å². The van der Waals surface area contributed by atoms with E-state index < -0.39 is 0 Å². The molecule has 5 N–H and O–H groups in total. The molecule has 20 heavy (non-hydrogen) atoms. The van der Waals surface area contributed by atoms with Gasteiger partial charge < -0.3 is 21.3 Å². The number of halogens is 3. The van der Waals surface area contributed by atoms with Crippen molar-refractivity contribution in [2.24, 2.45) is 0 Å². The number of nitrogens with two attached hydrogens (primary N) is 2. The van der Waals surface area contributed by atoms with E-state index in [1.165, 1.54) is 6.07 Å².